The first kappa shape index (κ1) is 12.7. The lowest BCUT2D eigenvalue weighted by molar-refractivity contribution is 0.639. The van der Waals surface area contributed by atoms with E-state index in [4.69, 9.17) is 11.1 Å². The highest BCUT2D eigenvalue weighted by Crippen LogP contribution is 1.92. The number of guanidine groups is 2. The molecule has 0 spiro atoms. The van der Waals surface area contributed by atoms with Crippen molar-refractivity contribution in [1.29, 1.82) is 5.41 Å². The van der Waals surface area contributed by atoms with Gasteiger partial charge in [-0.3, -0.25) is 15.3 Å². The zero-order valence-corrected chi connectivity index (χ0v) is 9.30. The van der Waals surface area contributed by atoms with Gasteiger partial charge < -0.3 is 11.1 Å². The first-order chi connectivity index (χ1) is 6.63. The molecule has 0 bridgehead atoms. The molecule has 0 amide bonds. The van der Waals surface area contributed by atoms with Crippen LogP contribution in [0.1, 0.15) is 26.2 Å². The Kier molecular flexibility index (Phi) is 6.53. The first-order valence-corrected chi connectivity index (χ1v) is 4.91. The Bertz CT molecular complexity index is 199. The van der Waals surface area contributed by atoms with Crippen LogP contribution in [0.15, 0.2) is 4.99 Å². The van der Waals surface area contributed by atoms with Gasteiger partial charge in [-0.25, -0.2) is 0 Å². The predicted molar refractivity (Wildman–Crippen MR) is 60.6 cm³/mol. The second kappa shape index (κ2) is 7.17. The summed E-state index contributed by atoms with van der Waals surface area (Å²) in [4.78, 5) is 5.54. The summed E-state index contributed by atoms with van der Waals surface area (Å²) < 4.78 is 0. The summed E-state index contributed by atoms with van der Waals surface area (Å²) in [5, 5.41) is 10.4. The lowest BCUT2D eigenvalue weighted by atomic mass is 10.2. The Hall–Kier alpha value is -1.26. The van der Waals surface area contributed by atoms with Crippen molar-refractivity contribution in [3.63, 3.8) is 0 Å². The lowest BCUT2D eigenvalue weighted by Crippen LogP contribution is -2.45. The van der Waals surface area contributed by atoms with Crippen LogP contribution in [0.25, 0.3) is 0 Å². The molecule has 0 radical (unpaired) electrons. The maximum absolute atomic E-state index is 7.23. The van der Waals surface area contributed by atoms with Crippen LogP contribution in [0.3, 0.4) is 0 Å². The summed E-state index contributed by atoms with van der Waals surface area (Å²) in [6.07, 6.45) is 3.51. The van der Waals surface area contributed by atoms with Crippen molar-refractivity contribution >= 4 is 11.9 Å². The van der Waals surface area contributed by atoms with E-state index in [1.807, 2.05) is 0 Å². The van der Waals surface area contributed by atoms with Crippen LogP contribution in [0.5, 0.6) is 0 Å². The van der Waals surface area contributed by atoms with Crippen molar-refractivity contribution in [2.45, 2.75) is 26.2 Å². The second-order valence-electron chi connectivity index (χ2n) is 3.13. The molecular formula is C9H21N5. The standard InChI is InChI=1S/C9H21N5/c1-4-5-6-7-13-9(12-2)14(3)8(10)11/h4-7H2,1-3H3,(H3,10,11)(H,12,13). The molecule has 0 unspecified atom stereocenters. The molecule has 82 valence electrons. The van der Waals surface area contributed by atoms with Gasteiger partial charge in [0, 0.05) is 20.6 Å². The number of rotatable bonds is 4. The highest BCUT2D eigenvalue weighted by atomic mass is 15.3. The smallest absolute Gasteiger partial charge is 0.200 e. The third-order valence-corrected chi connectivity index (χ3v) is 1.95. The second-order valence-corrected chi connectivity index (χ2v) is 3.13. The van der Waals surface area contributed by atoms with Crippen LogP contribution in [0.4, 0.5) is 0 Å². The van der Waals surface area contributed by atoms with E-state index < -0.39 is 0 Å². The molecule has 0 rings (SSSR count). The van der Waals surface area contributed by atoms with Crippen molar-refractivity contribution in [2.24, 2.45) is 10.7 Å². The zero-order chi connectivity index (χ0) is 11.0. The van der Waals surface area contributed by atoms with E-state index >= 15 is 0 Å². The third-order valence-electron chi connectivity index (χ3n) is 1.95. The van der Waals surface area contributed by atoms with E-state index in [-0.39, 0.29) is 5.96 Å². The summed E-state index contributed by atoms with van der Waals surface area (Å²) in [7, 11) is 3.40. The molecule has 5 nitrogen and oxygen atoms in total. The molecule has 0 aromatic carbocycles. The molecule has 0 aliphatic carbocycles. The number of nitrogens with one attached hydrogen (secondary N) is 2. The normalized spacial score (nSPS) is 11.2. The average molecular weight is 199 g/mol. The summed E-state index contributed by atoms with van der Waals surface area (Å²) in [5.74, 6) is 0.641. The Morgan fingerprint density at radius 2 is 2.14 bits per heavy atom. The van der Waals surface area contributed by atoms with Gasteiger partial charge in [0.2, 0.25) is 0 Å². The van der Waals surface area contributed by atoms with E-state index in [0.717, 1.165) is 13.0 Å². The van der Waals surface area contributed by atoms with Crippen molar-refractivity contribution in [3.05, 3.63) is 0 Å². The van der Waals surface area contributed by atoms with Gasteiger partial charge in [0.05, 0.1) is 0 Å². The van der Waals surface area contributed by atoms with Gasteiger partial charge >= 0.3 is 0 Å². The molecule has 0 aliphatic heterocycles. The number of hydrogen-bond acceptors (Lipinski definition) is 2. The Labute approximate surface area is 85.9 Å². The van der Waals surface area contributed by atoms with Gasteiger partial charge in [-0.15, -0.1) is 0 Å². The Balaban J connectivity index is 3.87. The highest BCUT2D eigenvalue weighted by molar-refractivity contribution is 5.96. The average Bonchev–Trinajstić information content (AvgIpc) is 2.17. The molecule has 4 N–H and O–H groups in total. The van der Waals surface area contributed by atoms with Crippen LogP contribution >= 0.6 is 0 Å². The van der Waals surface area contributed by atoms with E-state index in [9.17, 15) is 0 Å². The molecule has 0 saturated heterocycles. The maximum Gasteiger partial charge on any atom is 0.200 e. The van der Waals surface area contributed by atoms with Crippen LogP contribution in [-0.2, 0) is 0 Å². The fraction of sp³-hybridized carbons (Fsp3) is 0.778. The molecule has 0 aromatic rings. The largest absolute Gasteiger partial charge is 0.370 e. The number of hydrogen-bond donors (Lipinski definition) is 3. The monoisotopic (exact) mass is 199 g/mol. The van der Waals surface area contributed by atoms with Crippen LogP contribution in [0, 0.1) is 5.41 Å². The SMILES string of the molecule is CCCCCN/C(=N\C)N(C)C(=N)N. The topological polar surface area (TPSA) is 77.5 Å². The van der Waals surface area contributed by atoms with Gasteiger partial charge in [-0.05, 0) is 6.42 Å². The van der Waals surface area contributed by atoms with Gasteiger partial charge in [0.15, 0.2) is 11.9 Å². The Morgan fingerprint density at radius 1 is 1.50 bits per heavy atom. The Morgan fingerprint density at radius 3 is 2.57 bits per heavy atom. The molecule has 0 saturated carbocycles. The molecular weight excluding hydrogens is 178 g/mol. The summed E-state index contributed by atoms with van der Waals surface area (Å²) in [5.41, 5.74) is 5.33. The number of unbranched alkanes of at least 4 members (excludes halogenated alkanes) is 2. The quantitative estimate of drug-likeness (QED) is 0.352. The predicted octanol–water partition coefficient (Wildman–Crippen LogP) is 0.577. The van der Waals surface area contributed by atoms with Crippen molar-refractivity contribution < 1.29 is 0 Å². The molecule has 0 aliphatic rings. The van der Waals surface area contributed by atoms with Gasteiger partial charge in [-0.1, -0.05) is 19.8 Å². The number of nitrogens with two attached hydrogens (primary N) is 1. The van der Waals surface area contributed by atoms with Gasteiger partial charge in [0.1, 0.15) is 0 Å². The lowest BCUT2D eigenvalue weighted by Gasteiger charge is -2.19. The van der Waals surface area contributed by atoms with Crippen LogP contribution in [0.2, 0.25) is 0 Å². The van der Waals surface area contributed by atoms with Gasteiger partial charge in [0.25, 0.3) is 0 Å². The molecule has 0 aromatic heterocycles. The van der Waals surface area contributed by atoms with Gasteiger partial charge in [-0.2, -0.15) is 0 Å². The minimum atomic E-state index is -0.00593. The van der Waals surface area contributed by atoms with E-state index in [2.05, 4.69) is 17.2 Å². The molecule has 0 fully saturated rings. The van der Waals surface area contributed by atoms with Crippen molar-refractivity contribution in [3.8, 4) is 0 Å². The molecule has 0 heterocycles. The summed E-state index contributed by atoms with van der Waals surface area (Å²) in [6.45, 7) is 3.04. The zero-order valence-electron chi connectivity index (χ0n) is 9.30. The molecule has 5 heteroatoms. The maximum atomic E-state index is 7.23. The fourth-order valence-electron chi connectivity index (χ4n) is 1.04. The van der Waals surface area contributed by atoms with E-state index in [1.54, 1.807) is 14.1 Å². The van der Waals surface area contributed by atoms with E-state index in [0.29, 0.717) is 5.96 Å². The van der Waals surface area contributed by atoms with Crippen molar-refractivity contribution in [1.82, 2.24) is 10.2 Å². The highest BCUT2D eigenvalue weighted by Gasteiger charge is 2.06. The summed E-state index contributed by atoms with van der Waals surface area (Å²) in [6, 6.07) is 0. The fourth-order valence-corrected chi connectivity index (χ4v) is 1.04. The number of aliphatic imine (C=N–C) groups is 1. The van der Waals surface area contributed by atoms with E-state index in [1.165, 1.54) is 17.7 Å². The summed E-state index contributed by atoms with van der Waals surface area (Å²) >= 11 is 0. The number of nitrogens with zero attached hydrogens (tertiary/aromatic N) is 2. The third kappa shape index (κ3) is 4.69. The first-order valence-electron chi connectivity index (χ1n) is 4.91. The minimum Gasteiger partial charge on any atom is -0.370 e. The minimum absolute atomic E-state index is 0.00593. The van der Waals surface area contributed by atoms with Crippen LogP contribution in [-0.4, -0.2) is 37.5 Å². The molecule has 0 atom stereocenters. The van der Waals surface area contributed by atoms with Crippen LogP contribution < -0.4 is 11.1 Å². The van der Waals surface area contributed by atoms with Crippen molar-refractivity contribution in [2.75, 3.05) is 20.6 Å². The molecule has 14 heavy (non-hydrogen) atoms.